The van der Waals surface area contributed by atoms with E-state index in [1.165, 1.54) is 0 Å². The van der Waals surface area contributed by atoms with Crippen LogP contribution in [-0.4, -0.2) is 31.0 Å². The van der Waals surface area contributed by atoms with Crippen LogP contribution in [0, 0.1) is 0 Å². The molecule has 0 bridgehead atoms. The Bertz CT molecular complexity index is 402. The van der Waals surface area contributed by atoms with Crippen LogP contribution < -0.4 is 4.74 Å². The van der Waals surface area contributed by atoms with Gasteiger partial charge in [0.05, 0.1) is 19.3 Å². The SMILES string of the molecule is COc1ccc(Cl)cc1CC(O)CCC1CCCO1. The van der Waals surface area contributed by atoms with Crippen LogP contribution in [0.4, 0.5) is 0 Å². The molecule has 106 valence electrons. The maximum atomic E-state index is 10.1. The molecule has 2 atom stereocenters. The molecule has 1 saturated heterocycles. The zero-order chi connectivity index (χ0) is 13.7. The van der Waals surface area contributed by atoms with E-state index >= 15 is 0 Å². The Morgan fingerprint density at radius 1 is 1.53 bits per heavy atom. The number of methoxy groups -OCH3 is 1. The first-order valence-electron chi connectivity index (χ1n) is 6.81. The molecule has 2 rings (SSSR count). The maximum absolute atomic E-state index is 10.1. The summed E-state index contributed by atoms with van der Waals surface area (Å²) in [7, 11) is 1.63. The number of aliphatic hydroxyl groups excluding tert-OH is 1. The van der Waals surface area contributed by atoms with Gasteiger partial charge in [0.25, 0.3) is 0 Å². The second-order valence-corrected chi connectivity index (χ2v) is 5.46. The summed E-state index contributed by atoms with van der Waals surface area (Å²) >= 11 is 5.98. The van der Waals surface area contributed by atoms with Crippen LogP contribution in [0.2, 0.25) is 5.02 Å². The number of hydrogen-bond acceptors (Lipinski definition) is 3. The van der Waals surface area contributed by atoms with Crippen molar-refractivity contribution in [2.75, 3.05) is 13.7 Å². The number of rotatable bonds is 6. The second kappa shape index (κ2) is 7.13. The quantitative estimate of drug-likeness (QED) is 0.872. The van der Waals surface area contributed by atoms with Gasteiger partial charge in [-0.15, -0.1) is 0 Å². The van der Waals surface area contributed by atoms with Gasteiger partial charge in [-0.1, -0.05) is 11.6 Å². The van der Waals surface area contributed by atoms with E-state index < -0.39 is 0 Å². The lowest BCUT2D eigenvalue weighted by molar-refractivity contribution is 0.0811. The van der Waals surface area contributed by atoms with E-state index in [0.29, 0.717) is 17.5 Å². The van der Waals surface area contributed by atoms with Gasteiger partial charge in [-0.05, 0) is 49.4 Å². The van der Waals surface area contributed by atoms with Crippen molar-refractivity contribution in [1.82, 2.24) is 0 Å². The zero-order valence-electron chi connectivity index (χ0n) is 11.3. The van der Waals surface area contributed by atoms with E-state index in [1.807, 2.05) is 12.1 Å². The van der Waals surface area contributed by atoms with Crippen molar-refractivity contribution in [3.8, 4) is 5.75 Å². The van der Waals surface area contributed by atoms with Crippen molar-refractivity contribution in [2.45, 2.75) is 44.3 Å². The Labute approximate surface area is 119 Å². The highest BCUT2D eigenvalue weighted by Crippen LogP contribution is 2.25. The van der Waals surface area contributed by atoms with Gasteiger partial charge in [0.15, 0.2) is 0 Å². The normalized spacial score (nSPS) is 20.5. The number of aliphatic hydroxyl groups is 1. The summed E-state index contributed by atoms with van der Waals surface area (Å²) in [4.78, 5) is 0. The molecule has 0 spiro atoms. The number of halogens is 1. The molecule has 0 saturated carbocycles. The van der Waals surface area contributed by atoms with Gasteiger partial charge in [-0.2, -0.15) is 0 Å². The third-order valence-electron chi connectivity index (χ3n) is 3.54. The van der Waals surface area contributed by atoms with Gasteiger partial charge in [-0.3, -0.25) is 0 Å². The average Bonchev–Trinajstić information content (AvgIpc) is 2.90. The van der Waals surface area contributed by atoms with Crippen LogP contribution in [0.15, 0.2) is 18.2 Å². The van der Waals surface area contributed by atoms with Crippen LogP contribution in [-0.2, 0) is 11.2 Å². The lowest BCUT2D eigenvalue weighted by Gasteiger charge is -2.15. The molecule has 19 heavy (non-hydrogen) atoms. The van der Waals surface area contributed by atoms with Gasteiger partial charge in [-0.25, -0.2) is 0 Å². The highest BCUT2D eigenvalue weighted by Gasteiger charge is 2.18. The molecular formula is C15H21ClO3. The van der Waals surface area contributed by atoms with Crippen LogP contribution in [0.25, 0.3) is 0 Å². The molecule has 0 aromatic heterocycles. The summed E-state index contributed by atoms with van der Waals surface area (Å²) in [6.45, 7) is 0.864. The molecule has 1 N–H and O–H groups in total. The fraction of sp³-hybridized carbons (Fsp3) is 0.600. The van der Waals surface area contributed by atoms with Crippen LogP contribution in [0.1, 0.15) is 31.2 Å². The Morgan fingerprint density at radius 2 is 2.37 bits per heavy atom. The number of hydrogen-bond donors (Lipinski definition) is 1. The molecule has 1 aromatic rings. The molecular weight excluding hydrogens is 264 g/mol. The minimum Gasteiger partial charge on any atom is -0.496 e. The summed E-state index contributed by atoms with van der Waals surface area (Å²) in [5.74, 6) is 0.778. The Balaban J connectivity index is 1.86. The molecule has 1 fully saturated rings. The fourth-order valence-corrected chi connectivity index (χ4v) is 2.71. The van der Waals surface area contributed by atoms with E-state index in [0.717, 1.165) is 43.6 Å². The monoisotopic (exact) mass is 284 g/mol. The first-order valence-corrected chi connectivity index (χ1v) is 7.19. The molecule has 2 unspecified atom stereocenters. The highest BCUT2D eigenvalue weighted by molar-refractivity contribution is 6.30. The molecule has 3 nitrogen and oxygen atoms in total. The fourth-order valence-electron chi connectivity index (χ4n) is 2.51. The lowest BCUT2D eigenvalue weighted by Crippen LogP contribution is -2.15. The average molecular weight is 285 g/mol. The van der Waals surface area contributed by atoms with Crippen molar-refractivity contribution in [3.05, 3.63) is 28.8 Å². The minimum atomic E-state index is -0.378. The molecule has 0 radical (unpaired) electrons. The van der Waals surface area contributed by atoms with Crippen LogP contribution >= 0.6 is 11.6 Å². The smallest absolute Gasteiger partial charge is 0.122 e. The first kappa shape index (κ1) is 14.6. The molecule has 0 amide bonds. The topological polar surface area (TPSA) is 38.7 Å². The van der Waals surface area contributed by atoms with E-state index in [9.17, 15) is 5.11 Å². The first-order chi connectivity index (χ1) is 9.19. The van der Waals surface area contributed by atoms with Gasteiger partial charge in [0.2, 0.25) is 0 Å². The van der Waals surface area contributed by atoms with E-state index in [4.69, 9.17) is 21.1 Å². The highest BCUT2D eigenvalue weighted by atomic mass is 35.5. The van der Waals surface area contributed by atoms with Crippen molar-refractivity contribution in [3.63, 3.8) is 0 Å². The Hall–Kier alpha value is -0.770. The molecule has 0 aliphatic carbocycles. The van der Waals surface area contributed by atoms with Gasteiger partial charge in [0.1, 0.15) is 5.75 Å². The molecule has 1 heterocycles. The third-order valence-corrected chi connectivity index (χ3v) is 3.78. The second-order valence-electron chi connectivity index (χ2n) is 5.03. The molecule has 4 heteroatoms. The van der Waals surface area contributed by atoms with Gasteiger partial charge < -0.3 is 14.6 Å². The standard InChI is InChI=1S/C15H21ClO3/c1-18-15-7-4-12(16)9-11(15)10-13(17)5-6-14-3-2-8-19-14/h4,7,9,13-14,17H,2-3,5-6,8,10H2,1H3. The predicted octanol–water partition coefficient (Wildman–Crippen LogP) is 3.21. The molecule has 1 aromatic carbocycles. The van der Waals surface area contributed by atoms with E-state index in [2.05, 4.69) is 0 Å². The molecule has 1 aliphatic rings. The third kappa shape index (κ3) is 4.37. The van der Waals surface area contributed by atoms with Crippen molar-refractivity contribution in [2.24, 2.45) is 0 Å². The Kier molecular flexibility index (Phi) is 5.49. The summed E-state index contributed by atoms with van der Waals surface area (Å²) in [5.41, 5.74) is 0.954. The predicted molar refractivity (Wildman–Crippen MR) is 75.9 cm³/mol. The van der Waals surface area contributed by atoms with Gasteiger partial charge >= 0.3 is 0 Å². The maximum Gasteiger partial charge on any atom is 0.122 e. The van der Waals surface area contributed by atoms with Crippen molar-refractivity contribution >= 4 is 11.6 Å². The van der Waals surface area contributed by atoms with Gasteiger partial charge in [0, 0.05) is 18.1 Å². The molecule has 1 aliphatic heterocycles. The summed E-state index contributed by atoms with van der Waals surface area (Å²) in [6, 6.07) is 5.49. The number of ether oxygens (including phenoxy) is 2. The van der Waals surface area contributed by atoms with E-state index in [-0.39, 0.29) is 6.10 Å². The van der Waals surface area contributed by atoms with Crippen LogP contribution in [0.5, 0.6) is 5.75 Å². The van der Waals surface area contributed by atoms with Crippen molar-refractivity contribution < 1.29 is 14.6 Å². The summed E-state index contributed by atoms with van der Waals surface area (Å²) in [5, 5.41) is 10.8. The van der Waals surface area contributed by atoms with E-state index in [1.54, 1.807) is 13.2 Å². The van der Waals surface area contributed by atoms with Crippen molar-refractivity contribution in [1.29, 1.82) is 0 Å². The number of benzene rings is 1. The lowest BCUT2D eigenvalue weighted by atomic mass is 10.0. The summed E-state index contributed by atoms with van der Waals surface area (Å²) < 4.78 is 10.8. The Morgan fingerprint density at radius 3 is 3.05 bits per heavy atom. The summed E-state index contributed by atoms with van der Waals surface area (Å²) in [6.07, 6.45) is 4.45. The van der Waals surface area contributed by atoms with Crippen LogP contribution in [0.3, 0.4) is 0 Å². The zero-order valence-corrected chi connectivity index (χ0v) is 12.0. The largest absolute Gasteiger partial charge is 0.496 e. The minimum absolute atomic E-state index is 0.330.